The van der Waals surface area contributed by atoms with E-state index in [1.54, 1.807) is 0 Å². The molecule has 0 bridgehead atoms. The molecule has 0 saturated carbocycles. The number of rotatable bonds is 39. The van der Waals surface area contributed by atoms with Gasteiger partial charge >= 0.3 is 11.9 Å². The lowest BCUT2D eigenvalue weighted by atomic mass is 9.98. The molecule has 0 saturated heterocycles. The Kier molecular flexibility index (Phi) is 37.8. The van der Waals surface area contributed by atoms with Crippen LogP contribution >= 0.6 is 0 Å². The van der Waals surface area contributed by atoms with E-state index < -0.39 is 0 Å². The number of esters is 2. The van der Waals surface area contributed by atoms with Crippen molar-refractivity contribution in [3.8, 4) is 0 Å². The van der Waals surface area contributed by atoms with Crippen molar-refractivity contribution in [2.75, 3.05) is 33.4 Å². The van der Waals surface area contributed by atoms with Crippen LogP contribution in [0.5, 0.6) is 0 Å². The van der Waals surface area contributed by atoms with Crippen LogP contribution in [0.25, 0.3) is 0 Å². The van der Waals surface area contributed by atoms with Crippen LogP contribution in [0.1, 0.15) is 207 Å². The Hall–Kier alpha value is -2.55. The number of carbonyl (C=O) groups is 3. The Morgan fingerprint density at radius 3 is 1.58 bits per heavy atom. The highest BCUT2D eigenvalue weighted by Gasteiger charge is 2.15. The lowest BCUT2D eigenvalue weighted by molar-refractivity contribution is -0.145. The zero-order valence-electron chi connectivity index (χ0n) is 36.6. The minimum atomic E-state index is -0.119. The lowest BCUT2D eigenvalue weighted by Crippen LogP contribution is -2.41. The summed E-state index contributed by atoms with van der Waals surface area (Å²) in [4.78, 5) is 39.2. The molecule has 0 radical (unpaired) electrons. The zero-order chi connectivity index (χ0) is 40.6. The molecule has 1 amide bonds. The Labute approximate surface area is 339 Å². The van der Waals surface area contributed by atoms with Crippen LogP contribution in [0.15, 0.2) is 29.8 Å². The summed E-state index contributed by atoms with van der Waals surface area (Å²) >= 11 is 0. The van der Waals surface area contributed by atoms with Crippen molar-refractivity contribution in [2.24, 2.45) is 11.8 Å². The van der Waals surface area contributed by atoms with Gasteiger partial charge in [0.2, 0.25) is 5.91 Å². The van der Waals surface area contributed by atoms with Gasteiger partial charge in [0, 0.05) is 12.5 Å². The van der Waals surface area contributed by atoms with Gasteiger partial charge in [-0.25, -0.2) is 0 Å². The first kappa shape index (κ1) is 52.5. The van der Waals surface area contributed by atoms with Crippen molar-refractivity contribution in [3.63, 3.8) is 0 Å². The third-order valence-corrected chi connectivity index (χ3v) is 10.6. The maximum Gasteiger partial charge on any atom is 0.306 e. The Bertz CT molecular complexity index is 1060. The number of likely N-dealkylation sites (N-methyl/N-ethyl adjacent to an activating group) is 1. The van der Waals surface area contributed by atoms with Crippen LogP contribution in [0, 0.1) is 11.8 Å². The maximum absolute atomic E-state index is 12.7. The highest BCUT2D eigenvalue weighted by atomic mass is 16.5. The van der Waals surface area contributed by atoms with Gasteiger partial charge in [-0.1, -0.05) is 174 Å². The van der Waals surface area contributed by atoms with Gasteiger partial charge in [-0.3, -0.25) is 19.3 Å². The number of nitrogens with zero attached hydrogens (tertiary/aromatic N) is 1. The van der Waals surface area contributed by atoms with E-state index in [1.807, 2.05) is 13.1 Å². The second-order valence-electron chi connectivity index (χ2n) is 16.1. The summed E-state index contributed by atoms with van der Waals surface area (Å²) in [5.41, 5.74) is 8.25. The first-order chi connectivity index (χ1) is 26.7. The molecule has 0 aliphatic carbocycles. The van der Waals surface area contributed by atoms with Crippen LogP contribution < -0.4 is 5.32 Å². The van der Waals surface area contributed by atoms with E-state index in [2.05, 4.69) is 61.7 Å². The molecule has 1 N–H and O–H groups in total. The summed E-state index contributed by atoms with van der Waals surface area (Å²) in [5, 5.41) is 3.35. The molecule has 55 heavy (non-hydrogen) atoms. The largest absolute Gasteiger partial charge is 0.466 e. The normalized spacial score (nSPS) is 12.6. The monoisotopic (exact) mass is 771 g/mol. The van der Waals surface area contributed by atoms with Crippen LogP contribution in [-0.2, 0) is 23.9 Å². The second-order valence-corrected chi connectivity index (χ2v) is 16.1. The van der Waals surface area contributed by atoms with Gasteiger partial charge in [-0.05, 0) is 75.9 Å². The molecule has 7 heteroatoms. The minimum Gasteiger partial charge on any atom is -0.466 e. The highest BCUT2D eigenvalue weighted by molar-refractivity contribution is 5.78. The molecule has 0 aromatic heterocycles. The van der Waals surface area contributed by atoms with E-state index in [0.29, 0.717) is 38.5 Å². The van der Waals surface area contributed by atoms with Gasteiger partial charge < -0.3 is 14.8 Å². The Balaban J connectivity index is 4.11. The molecular formula is C48H86N2O5. The summed E-state index contributed by atoms with van der Waals surface area (Å²) in [6, 6.07) is 0.269. The van der Waals surface area contributed by atoms with Gasteiger partial charge in [0.05, 0.1) is 26.2 Å². The van der Waals surface area contributed by atoms with E-state index in [4.69, 9.17) is 9.47 Å². The van der Waals surface area contributed by atoms with Gasteiger partial charge in [0.15, 0.2) is 0 Å². The quantitative estimate of drug-likeness (QED) is 0.0381. The number of ether oxygens (including phenoxy) is 2. The predicted molar refractivity (Wildman–Crippen MR) is 231 cm³/mol. The van der Waals surface area contributed by atoms with Crippen molar-refractivity contribution >= 4 is 17.8 Å². The molecular weight excluding hydrogens is 685 g/mol. The summed E-state index contributed by atoms with van der Waals surface area (Å²) in [5.74, 6) is 0.560. The third kappa shape index (κ3) is 36.8. The van der Waals surface area contributed by atoms with E-state index in [-0.39, 0.29) is 29.8 Å². The molecule has 0 aliphatic heterocycles. The molecule has 3 atom stereocenters. The molecule has 0 spiro atoms. The molecule has 0 rings (SSSR count). The van der Waals surface area contributed by atoms with Crippen molar-refractivity contribution in [3.05, 3.63) is 29.8 Å². The van der Waals surface area contributed by atoms with Crippen molar-refractivity contribution in [1.82, 2.24) is 10.2 Å². The fourth-order valence-corrected chi connectivity index (χ4v) is 6.97. The fourth-order valence-electron chi connectivity index (χ4n) is 6.97. The smallest absolute Gasteiger partial charge is 0.306 e. The number of allylic oxidation sites excluding steroid dienone is 1. The maximum atomic E-state index is 12.7. The minimum absolute atomic E-state index is 0.0290. The SMILES string of the molecule is C=C=C=C=CC(CCCCC)CC(=O)OCCCCCCCCCCC(CCCCCCCCCCOC(=O)CC(C)CCCCC)NC(=O)CN(C)CC. The van der Waals surface area contributed by atoms with Crippen LogP contribution in [0.2, 0.25) is 0 Å². The standard InChI is InChI=1S/C48H86N2O5/c1-7-11-26-33-43(5)40-47(52)54-38-31-24-20-16-14-18-22-29-36-45(49-46(51)42-50(6)10-4)37-30-23-19-15-17-21-25-32-39-55-48(53)41-44(34-27-12-8-2)35-28-13-9-3/h34,43-45H,2,7,9-11,13-26,28-33,35-42H2,1,3-6H3,(H,49,51). The zero-order valence-corrected chi connectivity index (χ0v) is 36.6. The van der Waals surface area contributed by atoms with Gasteiger partial charge in [0.1, 0.15) is 0 Å². The van der Waals surface area contributed by atoms with Crippen molar-refractivity contribution in [1.29, 1.82) is 0 Å². The molecule has 7 nitrogen and oxygen atoms in total. The van der Waals surface area contributed by atoms with Gasteiger partial charge in [0.25, 0.3) is 0 Å². The highest BCUT2D eigenvalue weighted by Crippen LogP contribution is 2.18. The number of hydrogen-bond donors (Lipinski definition) is 1. The van der Waals surface area contributed by atoms with E-state index >= 15 is 0 Å². The first-order valence-corrected chi connectivity index (χ1v) is 22.9. The first-order valence-electron chi connectivity index (χ1n) is 22.9. The summed E-state index contributed by atoms with van der Waals surface area (Å²) < 4.78 is 11.0. The number of amides is 1. The molecule has 318 valence electrons. The van der Waals surface area contributed by atoms with E-state index in [1.165, 1.54) is 89.9 Å². The fraction of sp³-hybridized carbons (Fsp3) is 0.833. The predicted octanol–water partition coefficient (Wildman–Crippen LogP) is 12.4. The second kappa shape index (κ2) is 39.7. The van der Waals surface area contributed by atoms with Crippen LogP contribution in [-0.4, -0.2) is 62.1 Å². The summed E-state index contributed by atoms with van der Waals surface area (Å²) in [7, 11) is 2.00. The molecule has 0 aromatic carbocycles. The van der Waals surface area contributed by atoms with E-state index in [9.17, 15) is 14.4 Å². The summed E-state index contributed by atoms with van der Waals surface area (Å²) in [6.45, 7) is 14.6. The van der Waals surface area contributed by atoms with Crippen LogP contribution in [0.3, 0.4) is 0 Å². The third-order valence-electron chi connectivity index (χ3n) is 10.6. The van der Waals surface area contributed by atoms with Crippen molar-refractivity contribution in [2.45, 2.75) is 214 Å². The van der Waals surface area contributed by atoms with E-state index in [0.717, 1.165) is 83.6 Å². The number of unbranched alkanes of at least 4 members (excludes halogenated alkanes) is 18. The number of nitrogens with one attached hydrogen (secondary N) is 1. The average Bonchev–Trinajstić information content (AvgIpc) is 3.15. The van der Waals surface area contributed by atoms with Gasteiger partial charge in [-0.15, -0.1) is 0 Å². The summed E-state index contributed by atoms with van der Waals surface area (Å²) in [6.07, 6.45) is 32.9. The average molecular weight is 771 g/mol. The van der Waals surface area contributed by atoms with Crippen molar-refractivity contribution < 1.29 is 23.9 Å². The number of carbonyl (C=O) groups excluding carboxylic acids is 3. The number of hydrogen-bond acceptors (Lipinski definition) is 6. The molecule has 0 aromatic rings. The molecule has 0 aliphatic rings. The topological polar surface area (TPSA) is 84.9 Å². The molecule has 3 unspecified atom stereocenters. The van der Waals surface area contributed by atoms with Crippen LogP contribution in [0.4, 0.5) is 0 Å². The Morgan fingerprint density at radius 1 is 0.636 bits per heavy atom. The molecule has 0 fully saturated rings. The van der Waals surface area contributed by atoms with Gasteiger partial charge in [-0.2, -0.15) is 0 Å². The Morgan fingerprint density at radius 2 is 1.09 bits per heavy atom. The molecule has 0 heterocycles. The lowest BCUT2D eigenvalue weighted by Gasteiger charge is -2.21.